The highest BCUT2D eigenvalue weighted by Gasteiger charge is 2.10. The van der Waals surface area contributed by atoms with Gasteiger partial charge in [0.1, 0.15) is 10.7 Å². The molecule has 1 aromatic carbocycles. The third kappa shape index (κ3) is 3.75. The van der Waals surface area contributed by atoms with Gasteiger partial charge in [0.05, 0.1) is 31.7 Å². The lowest BCUT2D eigenvalue weighted by Gasteiger charge is -2.10. The molecule has 0 unspecified atom stereocenters. The molecule has 0 spiro atoms. The molecule has 1 heterocycles. The molecule has 0 aliphatic rings. The van der Waals surface area contributed by atoms with Gasteiger partial charge in [-0.2, -0.15) is 10.2 Å². The molecule has 0 fully saturated rings. The topological polar surface area (TPSA) is 77.7 Å². The first kappa shape index (κ1) is 17.1. The standard InChI is InChI=1S/C14H14Cl2N4O3/c1-20-14(21)12(16)10(7-18-20)19-17-6-8-4-9(15)13(23-3)11(5-8)22-2/h4-7,19H,1-3H3/b17-6-. The Labute approximate surface area is 142 Å². The zero-order valence-electron chi connectivity index (χ0n) is 12.6. The third-order valence-corrected chi connectivity index (χ3v) is 3.58. The summed E-state index contributed by atoms with van der Waals surface area (Å²) in [5.41, 5.74) is 3.22. The second-order valence-corrected chi connectivity index (χ2v) is 5.19. The van der Waals surface area contributed by atoms with Crippen LogP contribution < -0.4 is 20.5 Å². The van der Waals surface area contributed by atoms with Crippen molar-refractivity contribution >= 4 is 35.1 Å². The number of hydrogen-bond acceptors (Lipinski definition) is 6. The van der Waals surface area contributed by atoms with E-state index in [9.17, 15) is 4.79 Å². The summed E-state index contributed by atoms with van der Waals surface area (Å²) in [7, 11) is 4.52. The molecule has 0 radical (unpaired) electrons. The molecule has 0 saturated carbocycles. The van der Waals surface area contributed by atoms with E-state index in [1.54, 1.807) is 12.1 Å². The molecule has 9 heteroatoms. The largest absolute Gasteiger partial charge is 0.493 e. The van der Waals surface area contributed by atoms with Crippen LogP contribution in [0.5, 0.6) is 11.5 Å². The van der Waals surface area contributed by atoms with E-state index in [4.69, 9.17) is 32.7 Å². The Kier molecular flexibility index (Phi) is 5.46. The molecule has 0 saturated heterocycles. The van der Waals surface area contributed by atoms with Crippen molar-refractivity contribution in [2.75, 3.05) is 19.6 Å². The fourth-order valence-corrected chi connectivity index (χ4v) is 2.29. The van der Waals surface area contributed by atoms with E-state index in [0.717, 1.165) is 4.68 Å². The Morgan fingerprint density at radius 1 is 1.30 bits per heavy atom. The molecule has 2 aromatic rings. The molecule has 0 atom stereocenters. The molecule has 1 N–H and O–H groups in total. The average molecular weight is 357 g/mol. The predicted molar refractivity (Wildman–Crippen MR) is 90.3 cm³/mol. The Hall–Kier alpha value is -2.25. The molecule has 122 valence electrons. The second-order valence-electron chi connectivity index (χ2n) is 4.41. The first-order chi connectivity index (χ1) is 11.0. The fraction of sp³-hybridized carbons (Fsp3) is 0.214. The van der Waals surface area contributed by atoms with Crippen LogP contribution in [0.3, 0.4) is 0 Å². The summed E-state index contributed by atoms with van der Waals surface area (Å²) in [6.45, 7) is 0. The van der Waals surface area contributed by atoms with E-state index in [1.165, 1.54) is 33.7 Å². The zero-order chi connectivity index (χ0) is 17.0. The Balaban J connectivity index is 2.23. The van der Waals surface area contributed by atoms with Crippen molar-refractivity contribution in [2.45, 2.75) is 0 Å². The molecule has 0 aliphatic heterocycles. The van der Waals surface area contributed by atoms with Crippen LogP contribution in [0.1, 0.15) is 5.56 Å². The number of benzene rings is 1. The average Bonchev–Trinajstić information content (AvgIpc) is 2.54. The number of aromatic nitrogens is 2. The number of halogens is 2. The number of hydrazone groups is 1. The number of rotatable bonds is 5. The van der Waals surface area contributed by atoms with E-state index in [1.807, 2.05) is 0 Å². The van der Waals surface area contributed by atoms with E-state index >= 15 is 0 Å². The Bertz CT molecular complexity index is 805. The highest BCUT2D eigenvalue weighted by molar-refractivity contribution is 6.33. The number of anilines is 1. The van der Waals surface area contributed by atoms with E-state index < -0.39 is 5.56 Å². The maximum atomic E-state index is 11.6. The Morgan fingerprint density at radius 3 is 2.70 bits per heavy atom. The van der Waals surface area contributed by atoms with Crippen molar-refractivity contribution in [1.29, 1.82) is 0 Å². The quantitative estimate of drug-likeness (QED) is 0.657. The van der Waals surface area contributed by atoms with Crippen molar-refractivity contribution in [1.82, 2.24) is 9.78 Å². The third-order valence-electron chi connectivity index (χ3n) is 2.93. The highest BCUT2D eigenvalue weighted by Crippen LogP contribution is 2.35. The van der Waals surface area contributed by atoms with Crippen LogP contribution in [0.25, 0.3) is 0 Å². The lowest BCUT2D eigenvalue weighted by Crippen LogP contribution is -2.20. The van der Waals surface area contributed by atoms with Gasteiger partial charge in [0, 0.05) is 7.05 Å². The maximum Gasteiger partial charge on any atom is 0.287 e. The van der Waals surface area contributed by atoms with Crippen LogP contribution >= 0.6 is 23.2 Å². The minimum Gasteiger partial charge on any atom is -0.493 e. The van der Waals surface area contributed by atoms with Crippen LogP contribution in [0.4, 0.5) is 5.69 Å². The maximum absolute atomic E-state index is 11.6. The van der Waals surface area contributed by atoms with Gasteiger partial charge in [-0.3, -0.25) is 10.2 Å². The van der Waals surface area contributed by atoms with E-state index in [0.29, 0.717) is 27.8 Å². The predicted octanol–water partition coefficient (Wildman–Crippen LogP) is 2.55. The van der Waals surface area contributed by atoms with Gasteiger partial charge in [-0.25, -0.2) is 4.68 Å². The lowest BCUT2D eigenvalue weighted by molar-refractivity contribution is 0.355. The van der Waals surface area contributed by atoms with Crippen molar-refractivity contribution in [3.8, 4) is 11.5 Å². The molecule has 7 nitrogen and oxygen atoms in total. The molecule has 0 amide bonds. The van der Waals surface area contributed by atoms with Crippen molar-refractivity contribution in [3.63, 3.8) is 0 Å². The van der Waals surface area contributed by atoms with Crippen LogP contribution in [-0.4, -0.2) is 30.2 Å². The van der Waals surface area contributed by atoms with Gasteiger partial charge in [0.15, 0.2) is 11.5 Å². The summed E-state index contributed by atoms with van der Waals surface area (Å²) in [4.78, 5) is 11.6. The molecule has 0 bridgehead atoms. The van der Waals surface area contributed by atoms with Crippen LogP contribution in [-0.2, 0) is 7.05 Å². The van der Waals surface area contributed by atoms with Gasteiger partial charge in [-0.15, -0.1) is 0 Å². The zero-order valence-corrected chi connectivity index (χ0v) is 14.1. The fourth-order valence-electron chi connectivity index (χ4n) is 1.78. The number of hydrogen-bond donors (Lipinski definition) is 1. The SMILES string of the molecule is COc1cc(/C=N\Nc2cnn(C)c(=O)c2Cl)cc(Cl)c1OC. The number of methoxy groups -OCH3 is 2. The number of ether oxygens (including phenoxy) is 2. The molecular weight excluding hydrogens is 343 g/mol. The lowest BCUT2D eigenvalue weighted by atomic mass is 10.2. The van der Waals surface area contributed by atoms with Gasteiger partial charge in [0.25, 0.3) is 5.56 Å². The second kappa shape index (κ2) is 7.34. The number of aryl methyl sites for hydroxylation is 1. The van der Waals surface area contributed by atoms with Crippen LogP contribution in [0, 0.1) is 0 Å². The highest BCUT2D eigenvalue weighted by atomic mass is 35.5. The van der Waals surface area contributed by atoms with Crippen molar-refractivity contribution < 1.29 is 9.47 Å². The minimum atomic E-state index is -0.416. The first-order valence-electron chi connectivity index (χ1n) is 6.40. The van der Waals surface area contributed by atoms with Gasteiger partial charge >= 0.3 is 0 Å². The molecule has 0 aliphatic carbocycles. The van der Waals surface area contributed by atoms with Gasteiger partial charge in [-0.05, 0) is 17.7 Å². The van der Waals surface area contributed by atoms with E-state index in [2.05, 4.69) is 15.6 Å². The normalized spacial score (nSPS) is 10.8. The monoisotopic (exact) mass is 356 g/mol. The van der Waals surface area contributed by atoms with E-state index in [-0.39, 0.29) is 5.02 Å². The molecule has 1 aromatic heterocycles. The summed E-state index contributed by atoms with van der Waals surface area (Å²) in [5, 5.41) is 8.26. The summed E-state index contributed by atoms with van der Waals surface area (Å²) in [5.74, 6) is 0.924. The minimum absolute atomic E-state index is 0.00462. The van der Waals surface area contributed by atoms with Crippen molar-refractivity contribution in [3.05, 3.63) is 44.3 Å². The van der Waals surface area contributed by atoms with Crippen LogP contribution in [0.15, 0.2) is 28.2 Å². The number of nitrogens with zero attached hydrogens (tertiary/aromatic N) is 3. The smallest absolute Gasteiger partial charge is 0.287 e. The molecule has 23 heavy (non-hydrogen) atoms. The molecule has 2 rings (SSSR count). The summed E-state index contributed by atoms with van der Waals surface area (Å²) in [6.07, 6.45) is 2.91. The van der Waals surface area contributed by atoms with Gasteiger partial charge in [0.2, 0.25) is 0 Å². The Morgan fingerprint density at radius 2 is 2.04 bits per heavy atom. The molecular formula is C14H14Cl2N4O3. The van der Waals surface area contributed by atoms with Crippen molar-refractivity contribution in [2.24, 2.45) is 12.1 Å². The number of nitrogens with one attached hydrogen (secondary N) is 1. The summed E-state index contributed by atoms with van der Waals surface area (Å²) in [6, 6.07) is 3.37. The first-order valence-corrected chi connectivity index (χ1v) is 7.16. The van der Waals surface area contributed by atoms with Gasteiger partial charge in [-0.1, -0.05) is 23.2 Å². The van der Waals surface area contributed by atoms with Crippen LogP contribution in [0.2, 0.25) is 10.0 Å². The summed E-state index contributed by atoms with van der Waals surface area (Å²) < 4.78 is 11.5. The van der Waals surface area contributed by atoms with Gasteiger partial charge < -0.3 is 9.47 Å². The summed E-state index contributed by atoms with van der Waals surface area (Å²) >= 11 is 12.0.